The Balaban J connectivity index is 0.000000138. The molecule has 16 heavy (non-hydrogen) atoms. The standard InChI is InChI=1S/C8H6N2.C4H4N2/c1-2-4-8-6-10-9-5-7(8)3-1;1-2-5-4-6-3-1/h1-6H;1-4H. The maximum Gasteiger partial charge on any atom is 0.115 e. The van der Waals surface area contributed by atoms with Gasteiger partial charge in [-0.05, 0) is 6.07 Å². The van der Waals surface area contributed by atoms with E-state index in [1.54, 1.807) is 30.9 Å². The minimum absolute atomic E-state index is 1.14. The van der Waals surface area contributed by atoms with Crippen LogP contribution in [-0.2, 0) is 0 Å². The molecule has 0 saturated carbocycles. The smallest absolute Gasteiger partial charge is 0.115 e. The van der Waals surface area contributed by atoms with Gasteiger partial charge >= 0.3 is 0 Å². The first-order chi connectivity index (χ1) is 7.97. The Labute approximate surface area is 93.0 Å². The minimum atomic E-state index is 1.14. The molecule has 2 aromatic heterocycles. The molecule has 0 atom stereocenters. The lowest BCUT2D eigenvalue weighted by atomic mass is 10.2. The van der Waals surface area contributed by atoms with Crippen molar-refractivity contribution < 1.29 is 0 Å². The Bertz CT molecular complexity index is 447. The number of hydrogen-bond acceptors (Lipinski definition) is 4. The van der Waals surface area contributed by atoms with Crippen LogP contribution in [0.4, 0.5) is 0 Å². The Hall–Kier alpha value is -2.36. The molecule has 0 radical (unpaired) electrons. The van der Waals surface area contributed by atoms with Gasteiger partial charge in [-0.2, -0.15) is 10.2 Å². The zero-order chi connectivity index (χ0) is 11.1. The van der Waals surface area contributed by atoms with Crippen LogP contribution in [0.2, 0.25) is 0 Å². The van der Waals surface area contributed by atoms with E-state index in [0.29, 0.717) is 0 Å². The summed E-state index contributed by atoms with van der Waals surface area (Å²) >= 11 is 0. The molecule has 0 bridgehead atoms. The molecule has 0 amide bonds. The first kappa shape index (κ1) is 10.2. The van der Waals surface area contributed by atoms with Gasteiger partial charge in [0.2, 0.25) is 0 Å². The summed E-state index contributed by atoms with van der Waals surface area (Å²) in [6, 6.07) is 9.79. The van der Waals surface area contributed by atoms with Crippen molar-refractivity contribution in [2.24, 2.45) is 0 Å². The molecule has 0 N–H and O–H groups in total. The molecule has 78 valence electrons. The fraction of sp³-hybridized carbons (Fsp3) is 0. The van der Waals surface area contributed by atoms with Crippen molar-refractivity contribution in [2.75, 3.05) is 0 Å². The topological polar surface area (TPSA) is 51.6 Å². The molecular formula is C12H10N4. The van der Waals surface area contributed by atoms with E-state index in [9.17, 15) is 0 Å². The van der Waals surface area contributed by atoms with Crippen LogP contribution in [0.3, 0.4) is 0 Å². The number of nitrogens with zero attached hydrogens (tertiary/aromatic N) is 4. The Morgan fingerprint density at radius 1 is 0.688 bits per heavy atom. The van der Waals surface area contributed by atoms with E-state index in [4.69, 9.17) is 0 Å². The van der Waals surface area contributed by atoms with Crippen LogP contribution in [0.1, 0.15) is 0 Å². The largest absolute Gasteiger partial charge is 0.245 e. The lowest BCUT2D eigenvalue weighted by molar-refractivity contribution is 1.05. The number of benzene rings is 1. The molecule has 0 unspecified atom stereocenters. The normalized spacial score (nSPS) is 9.25. The second-order valence-corrected chi connectivity index (χ2v) is 3.02. The highest BCUT2D eigenvalue weighted by Crippen LogP contribution is 2.08. The summed E-state index contributed by atoms with van der Waals surface area (Å²) < 4.78 is 0. The second kappa shape index (κ2) is 5.50. The van der Waals surface area contributed by atoms with Crippen molar-refractivity contribution in [2.45, 2.75) is 0 Å². The molecule has 4 nitrogen and oxygen atoms in total. The van der Waals surface area contributed by atoms with Gasteiger partial charge in [-0.3, -0.25) is 0 Å². The van der Waals surface area contributed by atoms with Crippen LogP contribution in [0.15, 0.2) is 61.4 Å². The molecule has 1 aromatic carbocycles. The van der Waals surface area contributed by atoms with Crippen LogP contribution in [0.5, 0.6) is 0 Å². The summed E-state index contributed by atoms with van der Waals surface area (Å²) in [5, 5.41) is 9.80. The van der Waals surface area contributed by atoms with Gasteiger partial charge in [-0.1, -0.05) is 24.3 Å². The van der Waals surface area contributed by atoms with Crippen LogP contribution in [-0.4, -0.2) is 20.2 Å². The molecule has 2 heterocycles. The molecular weight excluding hydrogens is 200 g/mol. The van der Waals surface area contributed by atoms with Gasteiger partial charge in [-0.25, -0.2) is 9.97 Å². The molecule has 0 saturated heterocycles. The zero-order valence-electron chi connectivity index (χ0n) is 8.56. The quantitative estimate of drug-likeness (QED) is 0.570. The van der Waals surface area contributed by atoms with E-state index in [-0.39, 0.29) is 0 Å². The summed E-state index contributed by atoms with van der Waals surface area (Å²) in [7, 11) is 0. The van der Waals surface area contributed by atoms with Crippen LogP contribution in [0.25, 0.3) is 10.8 Å². The van der Waals surface area contributed by atoms with Gasteiger partial charge < -0.3 is 0 Å². The van der Waals surface area contributed by atoms with Crippen molar-refractivity contribution in [3.8, 4) is 0 Å². The van der Waals surface area contributed by atoms with Gasteiger partial charge in [0.05, 0.1) is 12.4 Å². The van der Waals surface area contributed by atoms with Crippen molar-refractivity contribution in [1.29, 1.82) is 0 Å². The molecule has 4 heteroatoms. The third kappa shape index (κ3) is 2.81. The van der Waals surface area contributed by atoms with Crippen molar-refractivity contribution >= 4 is 10.8 Å². The van der Waals surface area contributed by atoms with Crippen LogP contribution < -0.4 is 0 Å². The average Bonchev–Trinajstić information content (AvgIpc) is 2.42. The number of fused-ring (bicyclic) bond motifs is 1. The van der Waals surface area contributed by atoms with Gasteiger partial charge in [0.1, 0.15) is 6.33 Å². The molecule has 0 aliphatic rings. The summed E-state index contributed by atoms with van der Waals surface area (Å²) in [5.41, 5.74) is 0. The van der Waals surface area contributed by atoms with E-state index in [1.807, 2.05) is 24.3 Å². The van der Waals surface area contributed by atoms with E-state index < -0.39 is 0 Å². The number of rotatable bonds is 0. The fourth-order valence-electron chi connectivity index (χ4n) is 1.19. The van der Waals surface area contributed by atoms with Gasteiger partial charge in [-0.15, -0.1) is 0 Å². The van der Waals surface area contributed by atoms with Crippen molar-refractivity contribution in [3.63, 3.8) is 0 Å². The van der Waals surface area contributed by atoms with Gasteiger partial charge in [0.15, 0.2) is 0 Å². The van der Waals surface area contributed by atoms with Crippen LogP contribution >= 0.6 is 0 Å². The summed E-state index contributed by atoms with van der Waals surface area (Å²) in [4.78, 5) is 7.35. The Kier molecular flexibility index (Phi) is 3.50. The predicted molar refractivity (Wildman–Crippen MR) is 61.6 cm³/mol. The zero-order valence-corrected chi connectivity index (χ0v) is 8.56. The van der Waals surface area contributed by atoms with Gasteiger partial charge in [0, 0.05) is 23.2 Å². The minimum Gasteiger partial charge on any atom is -0.245 e. The highest BCUT2D eigenvalue weighted by atomic mass is 15.1. The summed E-state index contributed by atoms with van der Waals surface area (Å²) in [6.45, 7) is 0. The third-order valence-corrected chi connectivity index (χ3v) is 1.93. The van der Waals surface area contributed by atoms with E-state index >= 15 is 0 Å². The first-order valence-electron chi connectivity index (χ1n) is 4.82. The Morgan fingerprint density at radius 2 is 1.25 bits per heavy atom. The van der Waals surface area contributed by atoms with E-state index in [2.05, 4.69) is 20.2 Å². The van der Waals surface area contributed by atoms with Crippen molar-refractivity contribution in [3.05, 3.63) is 61.4 Å². The molecule has 0 aliphatic heterocycles. The number of aromatic nitrogens is 4. The second-order valence-electron chi connectivity index (χ2n) is 3.02. The number of hydrogen-bond donors (Lipinski definition) is 0. The fourth-order valence-corrected chi connectivity index (χ4v) is 1.19. The maximum absolute atomic E-state index is 3.76. The molecule has 3 rings (SSSR count). The molecule has 0 aliphatic carbocycles. The van der Waals surface area contributed by atoms with Crippen LogP contribution in [0, 0.1) is 0 Å². The Morgan fingerprint density at radius 3 is 1.62 bits per heavy atom. The van der Waals surface area contributed by atoms with E-state index in [0.717, 1.165) is 10.8 Å². The third-order valence-electron chi connectivity index (χ3n) is 1.93. The summed E-state index contributed by atoms with van der Waals surface area (Å²) in [6.07, 6.45) is 8.39. The first-order valence-corrected chi connectivity index (χ1v) is 4.82. The lowest BCUT2D eigenvalue weighted by Crippen LogP contribution is -1.77. The predicted octanol–water partition coefficient (Wildman–Crippen LogP) is 2.11. The van der Waals surface area contributed by atoms with Crippen molar-refractivity contribution in [1.82, 2.24) is 20.2 Å². The molecule has 3 aromatic rings. The highest BCUT2D eigenvalue weighted by molar-refractivity contribution is 5.80. The maximum atomic E-state index is 3.76. The average molecular weight is 210 g/mol. The molecule has 0 fully saturated rings. The van der Waals surface area contributed by atoms with E-state index in [1.165, 1.54) is 6.33 Å². The SMILES string of the molecule is c1ccc2cnncc2c1.c1cncnc1. The lowest BCUT2D eigenvalue weighted by Gasteiger charge is -1.90. The summed E-state index contributed by atoms with van der Waals surface area (Å²) in [5.74, 6) is 0. The van der Waals surface area contributed by atoms with Gasteiger partial charge in [0.25, 0.3) is 0 Å². The molecule has 0 spiro atoms. The highest BCUT2D eigenvalue weighted by Gasteiger charge is 1.87. The monoisotopic (exact) mass is 210 g/mol.